The molecule has 8 nitrogen and oxygen atoms in total. The number of rotatable bonds is 8. The highest BCUT2D eigenvalue weighted by atomic mass is 35.5. The second-order valence-electron chi connectivity index (χ2n) is 8.56. The lowest BCUT2D eigenvalue weighted by Crippen LogP contribution is -2.40. The Morgan fingerprint density at radius 3 is 2.68 bits per heavy atom. The van der Waals surface area contributed by atoms with E-state index in [9.17, 15) is 26.6 Å². The van der Waals surface area contributed by atoms with Crippen LogP contribution in [0.1, 0.15) is 25.3 Å². The molecule has 1 aliphatic heterocycles. The first-order valence-corrected chi connectivity index (χ1v) is 13.1. The molecule has 0 saturated carbocycles. The molecule has 1 aromatic carbocycles. The normalized spacial score (nSPS) is 18.7. The van der Waals surface area contributed by atoms with Crippen molar-refractivity contribution in [3.8, 4) is 11.4 Å². The highest BCUT2D eigenvalue weighted by molar-refractivity contribution is 7.85. The van der Waals surface area contributed by atoms with Crippen molar-refractivity contribution in [1.29, 1.82) is 0 Å². The van der Waals surface area contributed by atoms with E-state index in [0.717, 1.165) is 10.7 Å². The Morgan fingerprint density at radius 1 is 1.26 bits per heavy atom. The monoisotopic (exact) mass is 574 g/mol. The maximum absolute atomic E-state index is 14.8. The Balaban J connectivity index is 1.55. The van der Waals surface area contributed by atoms with Gasteiger partial charge in [-0.05, 0) is 49.1 Å². The van der Waals surface area contributed by atoms with Gasteiger partial charge in [-0.25, -0.2) is 13.6 Å². The van der Waals surface area contributed by atoms with Crippen LogP contribution in [0.5, 0.6) is 5.75 Å². The van der Waals surface area contributed by atoms with Gasteiger partial charge in [0.05, 0.1) is 41.8 Å². The molecule has 1 saturated heterocycles. The lowest BCUT2D eigenvalue weighted by atomic mass is 9.99. The second kappa shape index (κ2) is 11.4. The molecule has 0 bridgehead atoms. The summed E-state index contributed by atoms with van der Waals surface area (Å²) in [6, 6.07) is 6.61. The van der Waals surface area contributed by atoms with Crippen LogP contribution in [0.2, 0.25) is 5.02 Å². The SMILES string of the molecule is CCc1ccc(OC(F)(F)F)c(S(=O)c2ccc(-n3ncc(NC[C@@]4(F)CCCOC4)c(Cl)c3=O)cn2)c1. The largest absolute Gasteiger partial charge is 0.573 e. The Labute approximate surface area is 222 Å². The predicted octanol–water partition coefficient (Wildman–Crippen LogP) is 4.84. The summed E-state index contributed by atoms with van der Waals surface area (Å²) in [7, 11) is -2.12. The summed E-state index contributed by atoms with van der Waals surface area (Å²) in [4.78, 5) is 16.7. The fraction of sp³-hybridized carbons (Fsp3) is 0.375. The summed E-state index contributed by atoms with van der Waals surface area (Å²) in [5, 5.41) is 6.57. The first-order valence-electron chi connectivity index (χ1n) is 11.5. The number of nitrogens with one attached hydrogen (secondary N) is 1. The second-order valence-corrected chi connectivity index (χ2v) is 10.3. The Bertz CT molecular complexity index is 1380. The number of pyridine rings is 1. The maximum Gasteiger partial charge on any atom is 0.573 e. The molecule has 0 aliphatic carbocycles. The van der Waals surface area contributed by atoms with Gasteiger partial charge >= 0.3 is 6.36 Å². The van der Waals surface area contributed by atoms with E-state index in [1.165, 1.54) is 36.7 Å². The van der Waals surface area contributed by atoms with Crippen LogP contribution < -0.4 is 15.6 Å². The standard InChI is InChI=1S/C24H23ClF4N4O4S/c1-2-15-4-6-18(37-24(27,28)29)19(10-15)38(35)20-7-5-16(11-30-20)33-22(34)21(25)17(12-32-33)31-13-23(26)8-3-9-36-14-23/h4-7,10-12,31H,2-3,8-9,13-14H2,1H3/t23-,38?/m0/s1. The highest BCUT2D eigenvalue weighted by Gasteiger charge is 2.34. The van der Waals surface area contributed by atoms with Crippen LogP contribution >= 0.6 is 11.6 Å². The minimum atomic E-state index is -4.97. The molecule has 204 valence electrons. The summed E-state index contributed by atoms with van der Waals surface area (Å²) < 4.78 is 76.6. The van der Waals surface area contributed by atoms with Crippen LogP contribution in [-0.4, -0.2) is 50.8 Å². The molecule has 3 heterocycles. The number of aryl methyl sites for hydroxylation is 1. The van der Waals surface area contributed by atoms with Crippen molar-refractivity contribution in [3.05, 3.63) is 63.7 Å². The van der Waals surface area contributed by atoms with Gasteiger partial charge in [-0.1, -0.05) is 24.6 Å². The van der Waals surface area contributed by atoms with Crippen molar-refractivity contribution in [2.45, 2.75) is 48.1 Å². The van der Waals surface area contributed by atoms with Gasteiger partial charge in [0.25, 0.3) is 5.56 Å². The van der Waals surface area contributed by atoms with Crippen molar-refractivity contribution in [1.82, 2.24) is 14.8 Å². The first kappa shape index (κ1) is 28.0. The summed E-state index contributed by atoms with van der Waals surface area (Å²) >= 11 is 6.21. The van der Waals surface area contributed by atoms with Gasteiger partial charge in [-0.2, -0.15) is 9.78 Å². The molecule has 4 rings (SSSR count). The van der Waals surface area contributed by atoms with Crippen molar-refractivity contribution < 1.29 is 31.2 Å². The molecule has 0 radical (unpaired) electrons. The van der Waals surface area contributed by atoms with Crippen molar-refractivity contribution in [3.63, 3.8) is 0 Å². The third-order valence-electron chi connectivity index (χ3n) is 5.79. The van der Waals surface area contributed by atoms with Crippen LogP contribution in [0.15, 0.2) is 57.4 Å². The third-order valence-corrected chi connectivity index (χ3v) is 7.49. The Morgan fingerprint density at radius 2 is 2.05 bits per heavy atom. The van der Waals surface area contributed by atoms with Crippen LogP contribution in [0, 0.1) is 0 Å². The molecule has 1 fully saturated rings. The van der Waals surface area contributed by atoms with Crippen molar-refractivity contribution >= 4 is 28.1 Å². The molecular formula is C24H23ClF4N4O4S. The highest BCUT2D eigenvalue weighted by Crippen LogP contribution is 2.32. The van der Waals surface area contributed by atoms with Gasteiger partial charge in [0, 0.05) is 6.61 Å². The molecule has 0 amide bonds. The van der Waals surface area contributed by atoms with E-state index < -0.39 is 34.1 Å². The number of benzene rings is 1. The molecule has 1 N–H and O–H groups in total. The average molecular weight is 575 g/mol. The molecule has 2 aromatic heterocycles. The topological polar surface area (TPSA) is 95.3 Å². The summed E-state index contributed by atoms with van der Waals surface area (Å²) in [5.41, 5.74) is -1.33. The van der Waals surface area contributed by atoms with E-state index in [2.05, 4.69) is 20.1 Å². The number of hydrogen-bond donors (Lipinski definition) is 1. The summed E-state index contributed by atoms with van der Waals surface area (Å²) in [6.45, 7) is 2.13. The molecular weight excluding hydrogens is 552 g/mol. The molecule has 14 heteroatoms. The van der Waals surface area contributed by atoms with Crippen LogP contribution in [0.4, 0.5) is 23.2 Å². The van der Waals surface area contributed by atoms with Crippen LogP contribution in [0.25, 0.3) is 5.69 Å². The van der Waals surface area contributed by atoms with Gasteiger partial charge in [0.15, 0.2) is 5.67 Å². The molecule has 38 heavy (non-hydrogen) atoms. The predicted molar refractivity (Wildman–Crippen MR) is 132 cm³/mol. The van der Waals surface area contributed by atoms with E-state index in [-0.39, 0.29) is 39.5 Å². The quantitative estimate of drug-likeness (QED) is 0.385. The zero-order valence-electron chi connectivity index (χ0n) is 20.1. The Hall–Kier alpha value is -3.03. The Kier molecular flexibility index (Phi) is 8.38. The maximum atomic E-state index is 14.8. The molecule has 0 spiro atoms. The lowest BCUT2D eigenvalue weighted by Gasteiger charge is -2.29. The van der Waals surface area contributed by atoms with Crippen molar-refractivity contribution in [2.24, 2.45) is 0 Å². The average Bonchev–Trinajstić information content (AvgIpc) is 2.89. The number of anilines is 1. The van der Waals surface area contributed by atoms with Crippen LogP contribution in [-0.2, 0) is 22.0 Å². The smallest absolute Gasteiger partial charge is 0.404 e. The number of alkyl halides is 4. The number of nitrogens with zero attached hydrogens (tertiary/aromatic N) is 3. The third kappa shape index (κ3) is 6.51. The zero-order valence-corrected chi connectivity index (χ0v) is 21.6. The van der Waals surface area contributed by atoms with Gasteiger partial charge < -0.3 is 14.8 Å². The molecule has 1 aliphatic rings. The van der Waals surface area contributed by atoms with E-state index in [1.54, 1.807) is 6.92 Å². The zero-order chi connectivity index (χ0) is 27.5. The fourth-order valence-corrected chi connectivity index (χ4v) is 5.11. The van der Waals surface area contributed by atoms with Crippen LogP contribution in [0.3, 0.4) is 0 Å². The van der Waals surface area contributed by atoms with E-state index >= 15 is 0 Å². The van der Waals surface area contributed by atoms with Gasteiger partial charge in [0.1, 0.15) is 26.6 Å². The fourth-order valence-electron chi connectivity index (χ4n) is 3.80. The van der Waals surface area contributed by atoms with E-state index in [1.807, 2.05) is 0 Å². The van der Waals surface area contributed by atoms with E-state index in [0.29, 0.717) is 31.4 Å². The molecule has 2 atom stereocenters. The minimum Gasteiger partial charge on any atom is -0.404 e. The summed E-state index contributed by atoms with van der Waals surface area (Å²) in [6.07, 6.45) is -1.11. The lowest BCUT2D eigenvalue weighted by molar-refractivity contribution is -0.275. The number of halogens is 5. The number of ether oxygens (including phenoxy) is 2. The summed E-state index contributed by atoms with van der Waals surface area (Å²) in [5.74, 6) is -0.596. The van der Waals surface area contributed by atoms with Gasteiger partial charge in [-0.3, -0.25) is 4.79 Å². The van der Waals surface area contributed by atoms with Gasteiger partial charge in [0.2, 0.25) is 0 Å². The molecule has 1 unspecified atom stereocenters. The van der Waals surface area contributed by atoms with Crippen molar-refractivity contribution in [2.75, 3.05) is 25.1 Å². The van der Waals surface area contributed by atoms with Gasteiger partial charge in [-0.15, -0.1) is 13.2 Å². The van der Waals surface area contributed by atoms with E-state index in [4.69, 9.17) is 16.3 Å². The number of hydrogen-bond acceptors (Lipinski definition) is 7. The minimum absolute atomic E-state index is 0.0607. The first-order chi connectivity index (χ1) is 18.0. The molecule has 3 aromatic rings. The number of aromatic nitrogens is 3.